The van der Waals surface area contributed by atoms with Crippen LogP contribution in [0.3, 0.4) is 0 Å². The van der Waals surface area contributed by atoms with Crippen LogP contribution in [0, 0.1) is 0 Å². The van der Waals surface area contributed by atoms with E-state index in [-0.39, 0.29) is 5.54 Å². The lowest BCUT2D eigenvalue weighted by atomic mass is 9.71. The summed E-state index contributed by atoms with van der Waals surface area (Å²) >= 11 is 0. The first-order chi connectivity index (χ1) is 10.1. The number of rotatable bonds is 4. The van der Waals surface area contributed by atoms with Crippen LogP contribution in [-0.4, -0.2) is 14.8 Å². The van der Waals surface area contributed by atoms with Crippen molar-refractivity contribution in [1.82, 2.24) is 14.8 Å². The lowest BCUT2D eigenvalue weighted by Gasteiger charge is -2.38. The molecule has 0 saturated heterocycles. The second-order valence-corrected chi connectivity index (χ2v) is 6.26. The van der Waals surface area contributed by atoms with Crippen molar-refractivity contribution in [1.29, 1.82) is 0 Å². The second kappa shape index (κ2) is 5.60. The van der Waals surface area contributed by atoms with Crippen LogP contribution in [0.1, 0.15) is 56.0 Å². The summed E-state index contributed by atoms with van der Waals surface area (Å²) in [5, 5.41) is 4.32. The molecule has 4 nitrogen and oxygen atoms in total. The van der Waals surface area contributed by atoms with E-state index in [0.29, 0.717) is 5.92 Å². The van der Waals surface area contributed by atoms with E-state index in [0.717, 1.165) is 38.1 Å². The fourth-order valence-corrected chi connectivity index (χ4v) is 3.43. The minimum absolute atomic E-state index is 0.318. The minimum Gasteiger partial charge on any atom is -0.321 e. The first-order valence-corrected chi connectivity index (χ1v) is 7.89. The topological polar surface area (TPSA) is 56.7 Å². The molecule has 0 aliphatic heterocycles. The van der Waals surface area contributed by atoms with Crippen LogP contribution in [-0.2, 0) is 18.5 Å². The third-order valence-electron chi connectivity index (χ3n) is 4.66. The summed E-state index contributed by atoms with van der Waals surface area (Å²) in [6, 6.07) is 8.61. The van der Waals surface area contributed by atoms with Crippen LogP contribution in [0.4, 0.5) is 0 Å². The first kappa shape index (κ1) is 14.3. The summed E-state index contributed by atoms with van der Waals surface area (Å²) in [7, 11) is 0. The Bertz CT molecular complexity index is 619. The monoisotopic (exact) mass is 284 g/mol. The first-order valence-electron chi connectivity index (χ1n) is 7.89. The Morgan fingerprint density at radius 1 is 1.38 bits per heavy atom. The van der Waals surface area contributed by atoms with Gasteiger partial charge in [-0.2, -0.15) is 5.10 Å². The molecule has 0 spiro atoms. The Kier molecular flexibility index (Phi) is 3.81. The molecule has 1 aliphatic rings. The van der Waals surface area contributed by atoms with Gasteiger partial charge in [-0.25, -0.2) is 4.98 Å². The number of hydrogen-bond acceptors (Lipinski definition) is 3. The summed E-state index contributed by atoms with van der Waals surface area (Å²) in [6.45, 7) is 5.35. The molecule has 112 valence electrons. The molecule has 0 radical (unpaired) electrons. The van der Waals surface area contributed by atoms with E-state index in [1.807, 2.05) is 4.68 Å². The van der Waals surface area contributed by atoms with Gasteiger partial charge in [0.15, 0.2) is 0 Å². The highest BCUT2D eigenvalue weighted by atomic mass is 15.3. The molecule has 1 heterocycles. The molecule has 2 unspecified atom stereocenters. The van der Waals surface area contributed by atoms with Crippen molar-refractivity contribution >= 4 is 0 Å². The van der Waals surface area contributed by atoms with Crippen molar-refractivity contribution < 1.29 is 0 Å². The van der Waals surface area contributed by atoms with E-state index in [9.17, 15) is 0 Å². The normalized spacial score (nSPS) is 24.8. The average molecular weight is 284 g/mol. The molecule has 1 aromatic carbocycles. The third-order valence-corrected chi connectivity index (χ3v) is 4.66. The summed E-state index contributed by atoms with van der Waals surface area (Å²) in [5.74, 6) is 1.59. The smallest absolute Gasteiger partial charge is 0.138 e. The number of nitrogens with two attached hydrogens (primary N) is 1. The highest BCUT2D eigenvalue weighted by Crippen LogP contribution is 2.41. The van der Waals surface area contributed by atoms with Gasteiger partial charge in [0.05, 0.1) is 0 Å². The van der Waals surface area contributed by atoms with Crippen LogP contribution in [0.2, 0.25) is 0 Å². The number of hydrogen-bond donors (Lipinski definition) is 1. The van der Waals surface area contributed by atoms with Crippen molar-refractivity contribution in [3.05, 3.63) is 47.5 Å². The predicted molar refractivity (Wildman–Crippen MR) is 84.0 cm³/mol. The molecule has 1 aliphatic carbocycles. The summed E-state index contributed by atoms with van der Waals surface area (Å²) in [6.07, 6.45) is 5.60. The highest BCUT2D eigenvalue weighted by molar-refractivity contribution is 5.39. The SMILES string of the molecule is CCCn1ncnc1CC1(N)CCC(C)c2ccccc21. The van der Waals surface area contributed by atoms with E-state index >= 15 is 0 Å². The molecule has 0 saturated carbocycles. The molecule has 0 bridgehead atoms. The molecule has 4 heteroatoms. The molecule has 1 aromatic heterocycles. The minimum atomic E-state index is -0.318. The molecule has 2 N–H and O–H groups in total. The molecular formula is C17H24N4. The Labute approximate surface area is 126 Å². The Morgan fingerprint density at radius 3 is 3.00 bits per heavy atom. The Hall–Kier alpha value is -1.68. The van der Waals surface area contributed by atoms with Crippen LogP contribution in [0.15, 0.2) is 30.6 Å². The van der Waals surface area contributed by atoms with Gasteiger partial charge in [0.1, 0.15) is 12.2 Å². The van der Waals surface area contributed by atoms with Gasteiger partial charge in [-0.1, -0.05) is 38.1 Å². The maximum absolute atomic E-state index is 6.81. The summed E-state index contributed by atoms with van der Waals surface area (Å²) in [5.41, 5.74) is 9.17. The highest BCUT2D eigenvalue weighted by Gasteiger charge is 2.36. The number of aryl methyl sites for hydroxylation is 1. The van der Waals surface area contributed by atoms with Crippen molar-refractivity contribution in [3.63, 3.8) is 0 Å². The van der Waals surface area contributed by atoms with Crippen molar-refractivity contribution in [3.8, 4) is 0 Å². The maximum atomic E-state index is 6.81. The van der Waals surface area contributed by atoms with Crippen LogP contribution >= 0.6 is 0 Å². The fraction of sp³-hybridized carbons (Fsp3) is 0.529. The molecule has 21 heavy (non-hydrogen) atoms. The van der Waals surface area contributed by atoms with Gasteiger partial charge in [-0.05, 0) is 36.3 Å². The third kappa shape index (κ3) is 2.60. The van der Waals surface area contributed by atoms with E-state index in [1.54, 1.807) is 6.33 Å². The quantitative estimate of drug-likeness (QED) is 0.939. The standard InChI is InChI=1S/C17H24N4/c1-3-10-21-16(19-12-20-21)11-17(18)9-8-13(2)14-6-4-5-7-15(14)17/h4-7,12-13H,3,8-11,18H2,1-2H3. The van der Waals surface area contributed by atoms with Crippen LogP contribution in [0.5, 0.6) is 0 Å². The number of aromatic nitrogens is 3. The van der Waals surface area contributed by atoms with E-state index in [2.05, 4.69) is 48.2 Å². The van der Waals surface area contributed by atoms with Gasteiger partial charge < -0.3 is 5.73 Å². The Balaban J connectivity index is 1.94. The number of nitrogens with zero attached hydrogens (tertiary/aromatic N) is 3. The van der Waals surface area contributed by atoms with E-state index < -0.39 is 0 Å². The molecule has 2 aromatic rings. The zero-order valence-corrected chi connectivity index (χ0v) is 12.9. The van der Waals surface area contributed by atoms with Gasteiger partial charge in [-0.3, -0.25) is 4.68 Å². The molecule has 0 amide bonds. The van der Waals surface area contributed by atoms with Gasteiger partial charge in [0.2, 0.25) is 0 Å². The molecular weight excluding hydrogens is 260 g/mol. The zero-order chi connectivity index (χ0) is 14.9. The Morgan fingerprint density at radius 2 is 2.19 bits per heavy atom. The lowest BCUT2D eigenvalue weighted by Crippen LogP contribution is -2.43. The van der Waals surface area contributed by atoms with Crippen LogP contribution in [0.25, 0.3) is 0 Å². The van der Waals surface area contributed by atoms with Crippen molar-refractivity contribution in [2.24, 2.45) is 5.73 Å². The van der Waals surface area contributed by atoms with Gasteiger partial charge >= 0.3 is 0 Å². The van der Waals surface area contributed by atoms with Crippen molar-refractivity contribution in [2.75, 3.05) is 0 Å². The fourth-order valence-electron chi connectivity index (χ4n) is 3.43. The van der Waals surface area contributed by atoms with Gasteiger partial charge in [0.25, 0.3) is 0 Å². The zero-order valence-electron chi connectivity index (χ0n) is 12.9. The van der Waals surface area contributed by atoms with Crippen molar-refractivity contribution in [2.45, 2.75) is 57.5 Å². The predicted octanol–water partition coefficient (Wildman–Crippen LogP) is 2.98. The van der Waals surface area contributed by atoms with Crippen LogP contribution < -0.4 is 5.73 Å². The van der Waals surface area contributed by atoms with E-state index in [1.165, 1.54) is 11.1 Å². The van der Waals surface area contributed by atoms with Gasteiger partial charge in [-0.15, -0.1) is 0 Å². The second-order valence-electron chi connectivity index (χ2n) is 6.26. The molecule has 0 fully saturated rings. The average Bonchev–Trinajstić information content (AvgIpc) is 2.91. The maximum Gasteiger partial charge on any atom is 0.138 e. The van der Waals surface area contributed by atoms with Gasteiger partial charge in [0, 0.05) is 18.5 Å². The lowest BCUT2D eigenvalue weighted by molar-refractivity contribution is 0.336. The van der Waals surface area contributed by atoms with E-state index in [4.69, 9.17) is 5.73 Å². The summed E-state index contributed by atoms with van der Waals surface area (Å²) < 4.78 is 2.00. The largest absolute Gasteiger partial charge is 0.321 e. The molecule has 3 rings (SSSR count). The molecule has 2 atom stereocenters. The summed E-state index contributed by atoms with van der Waals surface area (Å²) in [4.78, 5) is 4.44. The number of fused-ring (bicyclic) bond motifs is 1. The number of benzene rings is 1.